The van der Waals surface area contributed by atoms with E-state index in [1.807, 2.05) is 26.0 Å². The predicted molar refractivity (Wildman–Crippen MR) is 68.6 cm³/mol. The minimum atomic E-state index is -0.674. The smallest absolute Gasteiger partial charge is 0.172 e. The second kappa shape index (κ2) is 4.56. The molecule has 19 heavy (non-hydrogen) atoms. The third kappa shape index (κ3) is 2.11. The number of aliphatic hydroxyl groups excluding tert-OH is 2. The van der Waals surface area contributed by atoms with Crippen LogP contribution in [-0.2, 0) is 4.74 Å². The lowest BCUT2D eigenvalue weighted by molar-refractivity contribution is -0.0529. The molecule has 0 spiro atoms. The van der Waals surface area contributed by atoms with Crippen LogP contribution in [0.2, 0.25) is 0 Å². The van der Waals surface area contributed by atoms with Crippen LogP contribution in [0.15, 0.2) is 12.1 Å². The molecule has 1 aromatic carbocycles. The lowest BCUT2D eigenvalue weighted by Crippen LogP contribution is -2.24. The molecule has 102 valence electrons. The molecule has 0 saturated carbocycles. The molecule has 2 N–H and O–H groups in total. The molecule has 1 aromatic heterocycles. The second-order valence-electron chi connectivity index (χ2n) is 5.06. The lowest BCUT2D eigenvalue weighted by atomic mass is 10.1. The van der Waals surface area contributed by atoms with Crippen LogP contribution in [0.3, 0.4) is 0 Å². The molecular formula is C13H17N3O3. The Morgan fingerprint density at radius 1 is 1.26 bits per heavy atom. The number of aliphatic hydroxyl groups is 2. The Morgan fingerprint density at radius 3 is 2.32 bits per heavy atom. The standard InChI is InChI=1S/C13H17N3O3/c1-7-3-9-10(4-8(7)2)15-16(14-9)13-5-11(18)12(6-17)19-13/h3-4,11-13,17-18H,5-6H2,1-2H3/t11-,12+,13+/m0/s1. The first-order chi connectivity index (χ1) is 9.08. The number of hydrogen-bond acceptors (Lipinski definition) is 5. The molecule has 6 heteroatoms. The first-order valence-corrected chi connectivity index (χ1v) is 6.36. The van der Waals surface area contributed by atoms with E-state index in [0.717, 1.165) is 11.0 Å². The number of aromatic nitrogens is 3. The van der Waals surface area contributed by atoms with Crippen molar-refractivity contribution in [2.45, 2.75) is 38.7 Å². The molecule has 0 aliphatic carbocycles. The van der Waals surface area contributed by atoms with Crippen LogP contribution in [0.5, 0.6) is 0 Å². The Kier molecular flexibility index (Phi) is 3.00. The lowest BCUT2D eigenvalue weighted by Gasteiger charge is -2.10. The molecule has 1 aliphatic heterocycles. The summed E-state index contributed by atoms with van der Waals surface area (Å²) in [5, 5.41) is 27.6. The molecule has 6 nitrogen and oxygen atoms in total. The normalized spacial score (nSPS) is 27.3. The quantitative estimate of drug-likeness (QED) is 0.833. The summed E-state index contributed by atoms with van der Waals surface area (Å²) in [4.78, 5) is 1.49. The molecule has 3 atom stereocenters. The number of fused-ring (bicyclic) bond motifs is 1. The molecule has 3 rings (SSSR count). The third-order valence-electron chi connectivity index (χ3n) is 3.65. The maximum absolute atomic E-state index is 9.73. The van der Waals surface area contributed by atoms with E-state index >= 15 is 0 Å². The van der Waals surface area contributed by atoms with Gasteiger partial charge >= 0.3 is 0 Å². The fourth-order valence-electron chi connectivity index (χ4n) is 2.34. The highest BCUT2D eigenvalue weighted by atomic mass is 16.5. The second-order valence-corrected chi connectivity index (χ2v) is 5.06. The Labute approximate surface area is 110 Å². The van der Waals surface area contributed by atoms with Gasteiger partial charge in [0.25, 0.3) is 0 Å². The van der Waals surface area contributed by atoms with Crippen molar-refractivity contribution >= 4 is 11.0 Å². The summed E-state index contributed by atoms with van der Waals surface area (Å²) >= 11 is 0. The number of nitrogens with zero attached hydrogens (tertiary/aromatic N) is 3. The van der Waals surface area contributed by atoms with Gasteiger partial charge in [-0.1, -0.05) is 0 Å². The maximum Gasteiger partial charge on any atom is 0.172 e. The van der Waals surface area contributed by atoms with Gasteiger partial charge in [0.2, 0.25) is 0 Å². The largest absolute Gasteiger partial charge is 0.394 e. The van der Waals surface area contributed by atoms with Crippen molar-refractivity contribution in [2.24, 2.45) is 0 Å². The fraction of sp³-hybridized carbons (Fsp3) is 0.538. The summed E-state index contributed by atoms with van der Waals surface area (Å²) in [5.74, 6) is 0. The van der Waals surface area contributed by atoms with Gasteiger partial charge in [0.15, 0.2) is 6.23 Å². The van der Waals surface area contributed by atoms with Crippen molar-refractivity contribution in [1.29, 1.82) is 0 Å². The van der Waals surface area contributed by atoms with Crippen LogP contribution in [-0.4, -0.2) is 44.0 Å². The zero-order chi connectivity index (χ0) is 13.6. The molecule has 1 saturated heterocycles. The first-order valence-electron chi connectivity index (χ1n) is 6.36. The van der Waals surface area contributed by atoms with Gasteiger partial charge in [-0.25, -0.2) is 0 Å². The van der Waals surface area contributed by atoms with Crippen molar-refractivity contribution in [3.05, 3.63) is 23.3 Å². The number of benzene rings is 1. The number of ether oxygens (including phenoxy) is 1. The predicted octanol–water partition coefficient (Wildman–Crippen LogP) is 0.689. The highest BCUT2D eigenvalue weighted by molar-refractivity contribution is 5.75. The summed E-state index contributed by atoms with van der Waals surface area (Å²) < 4.78 is 5.54. The van der Waals surface area contributed by atoms with Crippen LogP contribution in [0.4, 0.5) is 0 Å². The van der Waals surface area contributed by atoms with E-state index in [1.165, 1.54) is 15.9 Å². The highest BCUT2D eigenvalue weighted by Crippen LogP contribution is 2.28. The monoisotopic (exact) mass is 263 g/mol. The molecule has 2 aromatic rings. The SMILES string of the molecule is Cc1cc2nn([C@H]3C[C@H](O)[C@@H](CO)O3)nc2cc1C. The van der Waals surface area contributed by atoms with Crippen molar-refractivity contribution in [2.75, 3.05) is 6.61 Å². The maximum atomic E-state index is 9.73. The molecule has 1 fully saturated rings. The summed E-state index contributed by atoms with van der Waals surface area (Å²) in [6.45, 7) is 3.87. The van der Waals surface area contributed by atoms with Gasteiger partial charge in [0, 0.05) is 6.42 Å². The Bertz CT molecular complexity index is 571. The summed E-state index contributed by atoms with van der Waals surface area (Å²) in [5.41, 5.74) is 3.96. The summed E-state index contributed by atoms with van der Waals surface area (Å²) in [7, 11) is 0. The molecule has 0 radical (unpaired) electrons. The van der Waals surface area contributed by atoms with E-state index in [4.69, 9.17) is 9.84 Å². The van der Waals surface area contributed by atoms with Gasteiger partial charge in [-0.05, 0) is 37.1 Å². The zero-order valence-corrected chi connectivity index (χ0v) is 10.9. The van der Waals surface area contributed by atoms with E-state index in [0.29, 0.717) is 6.42 Å². The number of hydrogen-bond donors (Lipinski definition) is 2. The van der Waals surface area contributed by atoms with Crippen LogP contribution >= 0.6 is 0 Å². The third-order valence-corrected chi connectivity index (χ3v) is 3.65. The van der Waals surface area contributed by atoms with E-state index in [-0.39, 0.29) is 6.61 Å². The van der Waals surface area contributed by atoms with Gasteiger partial charge in [-0.3, -0.25) is 0 Å². The molecule has 1 aliphatic rings. The Morgan fingerprint density at radius 2 is 1.84 bits per heavy atom. The minimum absolute atomic E-state index is 0.198. The average Bonchev–Trinajstić information content (AvgIpc) is 2.93. The van der Waals surface area contributed by atoms with Crippen molar-refractivity contribution in [3.63, 3.8) is 0 Å². The van der Waals surface area contributed by atoms with Gasteiger partial charge in [0.1, 0.15) is 17.1 Å². The van der Waals surface area contributed by atoms with Crippen molar-refractivity contribution < 1.29 is 14.9 Å². The van der Waals surface area contributed by atoms with Gasteiger partial charge in [-0.15, -0.1) is 0 Å². The van der Waals surface area contributed by atoms with E-state index < -0.39 is 18.4 Å². The molecule has 2 heterocycles. The summed E-state index contributed by atoms with van der Waals surface area (Å²) in [6.07, 6.45) is -1.25. The van der Waals surface area contributed by atoms with Crippen LogP contribution in [0.25, 0.3) is 11.0 Å². The molecule has 0 unspecified atom stereocenters. The average molecular weight is 263 g/mol. The fourth-order valence-corrected chi connectivity index (χ4v) is 2.34. The van der Waals surface area contributed by atoms with Crippen molar-refractivity contribution in [1.82, 2.24) is 15.0 Å². The zero-order valence-electron chi connectivity index (χ0n) is 10.9. The van der Waals surface area contributed by atoms with Crippen molar-refractivity contribution in [3.8, 4) is 0 Å². The van der Waals surface area contributed by atoms with Crippen LogP contribution in [0, 0.1) is 13.8 Å². The number of aryl methyl sites for hydroxylation is 2. The van der Waals surface area contributed by atoms with E-state index in [1.54, 1.807) is 0 Å². The minimum Gasteiger partial charge on any atom is -0.394 e. The summed E-state index contributed by atoms with van der Waals surface area (Å²) in [6, 6.07) is 3.98. The van der Waals surface area contributed by atoms with Gasteiger partial charge in [0.05, 0.1) is 12.7 Å². The molecular weight excluding hydrogens is 246 g/mol. The van der Waals surface area contributed by atoms with Crippen LogP contribution < -0.4 is 0 Å². The van der Waals surface area contributed by atoms with Gasteiger partial charge < -0.3 is 14.9 Å². The van der Waals surface area contributed by atoms with E-state index in [2.05, 4.69) is 10.2 Å². The van der Waals surface area contributed by atoms with Crippen LogP contribution in [0.1, 0.15) is 23.8 Å². The topological polar surface area (TPSA) is 80.4 Å². The first kappa shape index (κ1) is 12.5. The van der Waals surface area contributed by atoms with E-state index in [9.17, 15) is 5.11 Å². The highest BCUT2D eigenvalue weighted by Gasteiger charge is 2.35. The molecule has 0 bridgehead atoms. The van der Waals surface area contributed by atoms with Gasteiger partial charge in [-0.2, -0.15) is 15.0 Å². The Balaban J connectivity index is 1.94. The Hall–Kier alpha value is -1.50. The molecule has 0 amide bonds. The number of rotatable bonds is 2.